The molecule has 236 valence electrons. The second-order valence-electron chi connectivity index (χ2n) is 11.3. The van der Waals surface area contributed by atoms with Crippen molar-refractivity contribution in [2.75, 3.05) is 96.3 Å². The summed E-state index contributed by atoms with van der Waals surface area (Å²) in [4.78, 5) is 43.9. The Balaban J connectivity index is 1.35. The average molecular weight is 608 g/mol. The van der Waals surface area contributed by atoms with Crippen LogP contribution in [0.25, 0.3) is 0 Å². The van der Waals surface area contributed by atoms with Crippen molar-refractivity contribution < 1.29 is 23.8 Å². The highest BCUT2D eigenvalue weighted by atomic mass is 16.7. The van der Waals surface area contributed by atoms with E-state index in [1.165, 1.54) is 20.4 Å². The molecule has 5 rings (SSSR count). The molecule has 0 bridgehead atoms. The van der Waals surface area contributed by atoms with Crippen LogP contribution in [-0.2, 0) is 32.0 Å². The summed E-state index contributed by atoms with van der Waals surface area (Å²) in [6.45, 7) is 5.66. The smallest absolute Gasteiger partial charge is 0.328 e. The molecule has 3 aliphatic rings. The Labute approximate surface area is 257 Å². The third kappa shape index (κ3) is 6.92. The van der Waals surface area contributed by atoms with Crippen LogP contribution in [0, 0.1) is 11.3 Å². The monoisotopic (exact) mass is 607 g/mol. The summed E-state index contributed by atoms with van der Waals surface area (Å²) in [7, 11) is 6.77. The minimum Gasteiger partial charge on any atom is -0.383 e. The van der Waals surface area contributed by atoms with Crippen molar-refractivity contribution in [3.05, 3.63) is 40.7 Å². The lowest BCUT2D eigenvalue weighted by atomic mass is 10.0. The van der Waals surface area contributed by atoms with Crippen molar-refractivity contribution in [1.82, 2.24) is 24.7 Å². The zero-order valence-electron chi connectivity index (χ0n) is 25.8. The summed E-state index contributed by atoms with van der Waals surface area (Å²) in [6.07, 6.45) is 2.14. The zero-order valence-corrected chi connectivity index (χ0v) is 25.8. The molecule has 0 radical (unpaired) electrons. The van der Waals surface area contributed by atoms with Gasteiger partial charge >= 0.3 is 6.03 Å². The quantitative estimate of drug-likeness (QED) is 0.284. The Bertz CT molecular complexity index is 1390. The highest BCUT2D eigenvalue weighted by Gasteiger charge is 2.35. The molecule has 2 saturated heterocycles. The first-order chi connectivity index (χ1) is 21.3. The molecule has 0 aliphatic carbocycles. The van der Waals surface area contributed by atoms with Crippen LogP contribution in [0.3, 0.4) is 0 Å². The molecule has 3 aliphatic heterocycles. The molecule has 2 N–H and O–H groups in total. The van der Waals surface area contributed by atoms with Gasteiger partial charge in [0.1, 0.15) is 23.4 Å². The maximum absolute atomic E-state index is 13.6. The van der Waals surface area contributed by atoms with E-state index >= 15 is 0 Å². The Kier molecular flexibility index (Phi) is 10.2. The predicted molar refractivity (Wildman–Crippen MR) is 163 cm³/mol. The van der Waals surface area contributed by atoms with Gasteiger partial charge in [-0.25, -0.2) is 14.8 Å². The van der Waals surface area contributed by atoms with Crippen LogP contribution in [0.2, 0.25) is 0 Å². The SMILES string of the molecule is COCCNc1cc(NC(=O)N2CCCc3cc(CN4CCN(C5CN(C)C5)CC4=O)c(C(OC)OC)nc32)ncc1C#N. The lowest BCUT2D eigenvalue weighted by molar-refractivity contribution is -0.139. The summed E-state index contributed by atoms with van der Waals surface area (Å²) in [5, 5.41) is 15.5. The number of hydrogen-bond donors (Lipinski definition) is 2. The van der Waals surface area contributed by atoms with Crippen LogP contribution in [-0.4, -0.2) is 123 Å². The van der Waals surface area contributed by atoms with Crippen LogP contribution < -0.4 is 15.5 Å². The molecule has 0 aromatic carbocycles. The number of nitriles is 1. The fraction of sp³-hybridized carbons (Fsp3) is 0.567. The number of fused-ring (bicyclic) bond motifs is 1. The molecule has 0 spiro atoms. The van der Waals surface area contributed by atoms with Gasteiger partial charge in [0.15, 0.2) is 0 Å². The number of piperazine rings is 1. The first kappa shape index (κ1) is 31.6. The number of carbonyl (C=O) groups excluding carboxylic acids is 2. The number of amides is 3. The number of ether oxygens (including phenoxy) is 3. The number of aryl methyl sites for hydroxylation is 1. The van der Waals surface area contributed by atoms with Crippen molar-refractivity contribution in [2.24, 2.45) is 0 Å². The van der Waals surface area contributed by atoms with Crippen LogP contribution >= 0.6 is 0 Å². The number of nitrogens with zero attached hydrogens (tertiary/aromatic N) is 7. The zero-order chi connectivity index (χ0) is 31.2. The Morgan fingerprint density at radius 3 is 2.66 bits per heavy atom. The Morgan fingerprint density at radius 1 is 1.18 bits per heavy atom. The van der Waals surface area contributed by atoms with Crippen molar-refractivity contribution in [3.63, 3.8) is 0 Å². The summed E-state index contributed by atoms with van der Waals surface area (Å²) in [6, 6.07) is 5.81. The third-order valence-corrected chi connectivity index (χ3v) is 8.32. The topological polar surface area (TPSA) is 148 Å². The number of rotatable bonds is 11. The van der Waals surface area contributed by atoms with Gasteiger partial charge in [0, 0.05) is 85.4 Å². The highest BCUT2D eigenvalue weighted by Crippen LogP contribution is 2.32. The number of likely N-dealkylation sites (tertiary alicyclic amines) is 1. The molecule has 44 heavy (non-hydrogen) atoms. The summed E-state index contributed by atoms with van der Waals surface area (Å²) in [5.74, 6) is 0.910. The van der Waals surface area contributed by atoms with Crippen LogP contribution in [0.4, 0.5) is 22.1 Å². The molecule has 14 nitrogen and oxygen atoms in total. The minimum absolute atomic E-state index is 0.0906. The summed E-state index contributed by atoms with van der Waals surface area (Å²) in [5.41, 5.74) is 3.20. The predicted octanol–water partition coefficient (Wildman–Crippen LogP) is 1.64. The molecule has 0 unspecified atom stereocenters. The molecule has 0 saturated carbocycles. The molecule has 0 atom stereocenters. The maximum atomic E-state index is 13.6. The number of anilines is 3. The lowest BCUT2D eigenvalue weighted by Gasteiger charge is -2.46. The summed E-state index contributed by atoms with van der Waals surface area (Å²) < 4.78 is 16.3. The summed E-state index contributed by atoms with van der Waals surface area (Å²) >= 11 is 0. The lowest BCUT2D eigenvalue weighted by Crippen LogP contribution is -2.63. The van der Waals surface area contributed by atoms with Gasteiger partial charge in [0.2, 0.25) is 12.2 Å². The van der Waals surface area contributed by atoms with E-state index in [1.54, 1.807) is 18.1 Å². The van der Waals surface area contributed by atoms with E-state index in [4.69, 9.17) is 19.2 Å². The van der Waals surface area contributed by atoms with Crippen LogP contribution in [0.5, 0.6) is 0 Å². The molecule has 14 heteroatoms. The molecule has 3 amide bonds. The molecule has 2 aromatic rings. The van der Waals surface area contributed by atoms with Gasteiger partial charge in [0.25, 0.3) is 0 Å². The number of urea groups is 1. The van der Waals surface area contributed by atoms with E-state index in [-0.39, 0.29) is 5.91 Å². The van der Waals surface area contributed by atoms with Crippen LogP contribution in [0.15, 0.2) is 18.3 Å². The van der Waals surface area contributed by atoms with Crippen LogP contribution in [0.1, 0.15) is 35.1 Å². The standard InChI is InChI=1S/C30H41N9O5/c1-36-17-23(18-36)37-9-10-38(26(40)19-37)16-21-12-20-6-5-8-39(28(20)35-27(21)29(43-3)44-4)30(41)34-25-13-24(32-7-11-42-2)22(14-31)15-33-25/h12-13,15,23,29H,5-11,16-19H2,1-4H3,(H2,32,33,34,41). The third-order valence-electron chi connectivity index (χ3n) is 8.32. The van der Waals surface area contributed by atoms with Gasteiger partial charge in [0.05, 0.1) is 24.4 Å². The van der Waals surface area contributed by atoms with Crippen molar-refractivity contribution in [1.29, 1.82) is 5.26 Å². The first-order valence-corrected chi connectivity index (χ1v) is 14.8. The molecule has 2 fully saturated rings. The Hall–Kier alpha value is -3.87. The number of aromatic nitrogens is 2. The van der Waals surface area contributed by atoms with E-state index in [9.17, 15) is 14.9 Å². The van der Waals surface area contributed by atoms with E-state index < -0.39 is 12.3 Å². The van der Waals surface area contributed by atoms with E-state index in [1.807, 2.05) is 11.0 Å². The number of hydrogen-bond acceptors (Lipinski definition) is 11. The maximum Gasteiger partial charge on any atom is 0.328 e. The fourth-order valence-electron chi connectivity index (χ4n) is 5.94. The normalized spacial score (nSPS) is 17.8. The van der Waals surface area contributed by atoms with Crippen molar-refractivity contribution in [3.8, 4) is 6.07 Å². The minimum atomic E-state index is -0.773. The number of pyridine rings is 2. The molecule has 5 heterocycles. The second kappa shape index (κ2) is 14.3. The second-order valence-corrected chi connectivity index (χ2v) is 11.3. The number of likely N-dealkylation sites (N-methyl/N-ethyl adjacent to an activating group) is 1. The first-order valence-electron chi connectivity index (χ1n) is 14.8. The Morgan fingerprint density at radius 2 is 1.98 bits per heavy atom. The number of methoxy groups -OCH3 is 3. The van der Waals surface area contributed by atoms with E-state index in [0.717, 1.165) is 43.6 Å². The number of nitrogens with one attached hydrogen (secondary N) is 2. The molecular formula is C30H41N9O5. The fourth-order valence-corrected chi connectivity index (χ4v) is 5.94. The molecule has 2 aromatic heterocycles. The van der Waals surface area contributed by atoms with Gasteiger partial charge < -0.3 is 29.3 Å². The van der Waals surface area contributed by atoms with Crippen molar-refractivity contribution >= 4 is 29.3 Å². The largest absolute Gasteiger partial charge is 0.383 e. The van der Waals surface area contributed by atoms with Gasteiger partial charge in [-0.15, -0.1) is 0 Å². The van der Waals surface area contributed by atoms with Gasteiger partial charge in [-0.3, -0.25) is 19.9 Å². The average Bonchev–Trinajstić information content (AvgIpc) is 3.01. The van der Waals surface area contributed by atoms with Crippen molar-refractivity contribution in [2.45, 2.75) is 31.7 Å². The van der Waals surface area contributed by atoms with E-state index in [0.29, 0.717) is 74.0 Å². The van der Waals surface area contributed by atoms with Gasteiger partial charge in [-0.1, -0.05) is 0 Å². The van der Waals surface area contributed by atoms with Gasteiger partial charge in [-0.05, 0) is 37.1 Å². The van der Waals surface area contributed by atoms with Gasteiger partial charge in [-0.2, -0.15) is 5.26 Å². The molecular weight excluding hydrogens is 566 g/mol. The highest BCUT2D eigenvalue weighted by molar-refractivity contribution is 6.01. The van der Waals surface area contributed by atoms with E-state index in [2.05, 4.69) is 38.5 Å². The number of carbonyl (C=O) groups is 2.